The van der Waals surface area contributed by atoms with Crippen molar-refractivity contribution in [2.24, 2.45) is 17.8 Å². The smallest absolute Gasteiger partial charge is 0.326 e. The first-order chi connectivity index (χ1) is 9.05. The first-order valence-electron chi connectivity index (χ1n) is 7.39. The highest BCUT2D eigenvalue weighted by Gasteiger charge is 2.57. The molecule has 0 heterocycles. The zero-order chi connectivity index (χ0) is 15.2. The van der Waals surface area contributed by atoms with Crippen molar-refractivity contribution in [2.45, 2.75) is 44.1 Å². The molecular formula is C14H28NO4S+. The lowest BCUT2D eigenvalue weighted by atomic mass is 9.52. The lowest BCUT2D eigenvalue weighted by Gasteiger charge is -2.61. The van der Waals surface area contributed by atoms with Crippen LogP contribution >= 0.6 is 0 Å². The van der Waals surface area contributed by atoms with E-state index in [1.54, 1.807) is 19.3 Å². The summed E-state index contributed by atoms with van der Waals surface area (Å²) >= 11 is 0. The molecule has 4 saturated carbocycles. The highest BCUT2D eigenvalue weighted by atomic mass is 32.3. The zero-order valence-corrected chi connectivity index (χ0v) is 13.8. The van der Waals surface area contributed by atoms with Crippen LogP contribution < -0.4 is 0 Å². The third kappa shape index (κ3) is 3.35. The number of nitrogens with zero attached hydrogens (tertiary/aromatic N) is 1. The molecule has 1 N–H and O–H groups in total. The van der Waals surface area contributed by atoms with Crippen LogP contribution in [0.2, 0.25) is 0 Å². The topological polar surface area (TPSA) is 63.6 Å². The van der Waals surface area contributed by atoms with Gasteiger partial charge in [-0.15, -0.1) is 0 Å². The molecule has 5 nitrogen and oxygen atoms in total. The molecule has 4 aliphatic carbocycles. The summed E-state index contributed by atoms with van der Waals surface area (Å²) in [6.45, 7) is 0. The van der Waals surface area contributed by atoms with Crippen LogP contribution in [-0.4, -0.2) is 51.2 Å². The highest BCUT2D eigenvalue weighted by Crippen LogP contribution is 2.58. The Balaban J connectivity index is 0.000000212. The summed E-state index contributed by atoms with van der Waals surface area (Å²) in [6, 6.07) is 0. The number of hydrogen-bond donors (Lipinski definition) is 1. The maximum absolute atomic E-state index is 9.33. The van der Waals surface area contributed by atoms with Crippen LogP contribution in [0.5, 0.6) is 0 Å². The molecule has 0 aliphatic heterocycles. The van der Waals surface area contributed by atoms with E-state index in [1.165, 1.54) is 23.7 Å². The molecule has 0 unspecified atom stereocenters. The van der Waals surface area contributed by atoms with Gasteiger partial charge in [0.25, 0.3) is 0 Å². The lowest BCUT2D eigenvalue weighted by Crippen LogP contribution is -2.65. The van der Waals surface area contributed by atoms with E-state index in [0.717, 1.165) is 24.9 Å². The molecular weight excluding hydrogens is 278 g/mol. The Hall–Kier alpha value is -0.170. The minimum absolute atomic E-state index is 0.675. The van der Waals surface area contributed by atoms with Gasteiger partial charge in [-0.25, -0.2) is 0 Å². The second-order valence-electron chi connectivity index (χ2n) is 7.75. The van der Waals surface area contributed by atoms with Crippen LogP contribution in [0, 0.1) is 17.8 Å². The first-order valence-corrected chi connectivity index (χ1v) is 8.76. The summed E-state index contributed by atoms with van der Waals surface area (Å²) in [5.41, 5.74) is 0.675. The fourth-order valence-electron chi connectivity index (χ4n) is 4.89. The molecule has 6 heteroatoms. The third-order valence-corrected chi connectivity index (χ3v) is 6.06. The van der Waals surface area contributed by atoms with Gasteiger partial charge < -0.3 is 4.48 Å². The SMILES string of the molecule is COS(=O)(=O)O.C[N+](C)(C)C12CC3CC(CC(C3)C1)C2. The summed E-state index contributed by atoms with van der Waals surface area (Å²) in [5, 5.41) is 0. The molecule has 0 aromatic carbocycles. The lowest BCUT2D eigenvalue weighted by molar-refractivity contribution is -0.930. The fourth-order valence-corrected chi connectivity index (χ4v) is 4.89. The Morgan fingerprint density at radius 3 is 1.50 bits per heavy atom. The summed E-state index contributed by atoms with van der Waals surface area (Å²) in [7, 11) is 3.98. The molecule has 0 atom stereocenters. The molecule has 0 aromatic rings. The van der Waals surface area contributed by atoms with E-state index < -0.39 is 10.4 Å². The molecule has 20 heavy (non-hydrogen) atoms. The van der Waals surface area contributed by atoms with Crippen molar-refractivity contribution < 1.29 is 21.6 Å². The van der Waals surface area contributed by atoms with Gasteiger partial charge in [0.05, 0.1) is 33.8 Å². The fraction of sp³-hybridized carbons (Fsp3) is 1.00. The Kier molecular flexibility index (Phi) is 4.24. The molecule has 4 fully saturated rings. The Bertz CT molecular complexity index is 417. The number of rotatable bonds is 2. The molecule has 4 aliphatic rings. The first kappa shape index (κ1) is 16.2. The molecule has 0 spiro atoms. The quantitative estimate of drug-likeness (QED) is 0.627. The van der Waals surface area contributed by atoms with Crippen molar-refractivity contribution in [2.75, 3.05) is 28.3 Å². The largest absolute Gasteiger partial charge is 0.397 e. The van der Waals surface area contributed by atoms with Crippen molar-refractivity contribution in [1.29, 1.82) is 0 Å². The molecule has 0 saturated heterocycles. The summed E-state index contributed by atoms with van der Waals surface area (Å²) < 4.78 is 30.9. The summed E-state index contributed by atoms with van der Waals surface area (Å²) in [5.74, 6) is 3.29. The van der Waals surface area contributed by atoms with Gasteiger partial charge in [-0.2, -0.15) is 8.42 Å². The maximum atomic E-state index is 9.33. The minimum atomic E-state index is -4.16. The average molecular weight is 306 g/mol. The Morgan fingerprint density at radius 1 is 1.00 bits per heavy atom. The maximum Gasteiger partial charge on any atom is 0.397 e. The van der Waals surface area contributed by atoms with Crippen LogP contribution in [0.1, 0.15) is 38.5 Å². The zero-order valence-electron chi connectivity index (χ0n) is 13.0. The van der Waals surface area contributed by atoms with Gasteiger partial charge in [0.2, 0.25) is 0 Å². The van der Waals surface area contributed by atoms with Crippen molar-refractivity contribution in [1.82, 2.24) is 0 Å². The van der Waals surface area contributed by atoms with E-state index in [-0.39, 0.29) is 0 Å². The van der Waals surface area contributed by atoms with Crippen LogP contribution in [-0.2, 0) is 14.6 Å². The Labute approximate surface area is 122 Å². The van der Waals surface area contributed by atoms with Crippen LogP contribution in [0.15, 0.2) is 0 Å². The van der Waals surface area contributed by atoms with Crippen molar-refractivity contribution in [3.8, 4) is 0 Å². The van der Waals surface area contributed by atoms with E-state index in [2.05, 4.69) is 25.3 Å². The van der Waals surface area contributed by atoms with Gasteiger partial charge in [0.1, 0.15) is 0 Å². The van der Waals surface area contributed by atoms with Crippen molar-refractivity contribution in [3.05, 3.63) is 0 Å². The average Bonchev–Trinajstić information content (AvgIpc) is 2.25. The van der Waals surface area contributed by atoms with Gasteiger partial charge in [-0.3, -0.25) is 8.74 Å². The molecule has 0 amide bonds. The predicted octanol–water partition coefficient (Wildman–Crippen LogP) is 2.10. The van der Waals surface area contributed by atoms with Crippen LogP contribution in [0.3, 0.4) is 0 Å². The van der Waals surface area contributed by atoms with Crippen LogP contribution in [0.25, 0.3) is 0 Å². The molecule has 4 bridgehead atoms. The van der Waals surface area contributed by atoms with Gasteiger partial charge in [-0.1, -0.05) is 0 Å². The predicted molar refractivity (Wildman–Crippen MR) is 77.5 cm³/mol. The Morgan fingerprint density at radius 2 is 1.30 bits per heavy atom. The minimum Gasteiger partial charge on any atom is -0.326 e. The number of hydrogen-bond acceptors (Lipinski definition) is 3. The monoisotopic (exact) mass is 306 g/mol. The van der Waals surface area contributed by atoms with Gasteiger partial charge in [0.15, 0.2) is 0 Å². The second kappa shape index (κ2) is 5.23. The van der Waals surface area contributed by atoms with E-state index in [1.807, 2.05) is 0 Å². The van der Waals surface area contributed by atoms with E-state index in [0.29, 0.717) is 5.54 Å². The molecule has 0 aromatic heterocycles. The van der Waals surface area contributed by atoms with Crippen LogP contribution in [0.4, 0.5) is 0 Å². The number of quaternary nitrogens is 1. The highest BCUT2D eigenvalue weighted by molar-refractivity contribution is 7.80. The van der Waals surface area contributed by atoms with Gasteiger partial charge >= 0.3 is 10.4 Å². The molecule has 118 valence electrons. The van der Waals surface area contributed by atoms with E-state index in [4.69, 9.17) is 4.55 Å². The summed E-state index contributed by atoms with van der Waals surface area (Å²) in [6.07, 6.45) is 9.30. The van der Waals surface area contributed by atoms with Gasteiger partial charge in [-0.05, 0) is 37.0 Å². The van der Waals surface area contributed by atoms with Gasteiger partial charge in [0, 0.05) is 19.3 Å². The summed E-state index contributed by atoms with van der Waals surface area (Å²) in [4.78, 5) is 0. The van der Waals surface area contributed by atoms with E-state index in [9.17, 15) is 8.42 Å². The second-order valence-corrected chi connectivity index (χ2v) is 8.94. The normalized spacial score (nSPS) is 39.4. The van der Waals surface area contributed by atoms with E-state index >= 15 is 0 Å². The molecule has 0 radical (unpaired) electrons. The third-order valence-electron chi connectivity index (χ3n) is 5.64. The standard InChI is InChI=1S/C13H24N.CH4O4S/c1-14(2,3)13-7-10-4-11(8-13)6-12(5-10)9-13;1-5-6(2,3)4/h10-12H,4-9H2,1-3H3;1H3,(H,2,3,4)/q+1;. The molecule has 4 rings (SSSR count). The van der Waals surface area contributed by atoms with Crippen molar-refractivity contribution in [3.63, 3.8) is 0 Å². The van der Waals surface area contributed by atoms with Crippen molar-refractivity contribution >= 4 is 10.4 Å².